The normalized spacial score (nSPS) is 15.6. The Labute approximate surface area is 259 Å². The van der Waals surface area contributed by atoms with Gasteiger partial charge in [-0.2, -0.15) is 0 Å². The Hall–Kier alpha value is -4.16. The molecule has 5 aromatic rings. The zero-order valence-corrected chi connectivity index (χ0v) is 25.1. The first-order chi connectivity index (χ1) is 19.9. The largest absolute Gasteiger partial charge is 0.0801 e. The van der Waals surface area contributed by atoms with Gasteiger partial charge in [0.25, 0.3) is 0 Å². The van der Waals surface area contributed by atoms with E-state index in [1.54, 1.807) is 0 Å². The summed E-state index contributed by atoms with van der Waals surface area (Å²) in [5.74, 6) is 0.403. The van der Waals surface area contributed by atoms with E-state index in [0.29, 0.717) is 5.92 Å². The monoisotopic (exact) mass is 562 g/mol. The van der Waals surface area contributed by atoms with Crippen LogP contribution in [0.1, 0.15) is 85.4 Å². The summed E-state index contributed by atoms with van der Waals surface area (Å²) in [6.45, 7) is 13.5. The molecular formula is C43H46. The zero-order chi connectivity index (χ0) is 28.5. The quantitative estimate of drug-likeness (QED) is 0.187. The fourth-order valence-corrected chi connectivity index (χ4v) is 7.65. The van der Waals surface area contributed by atoms with Crippen molar-refractivity contribution in [3.05, 3.63) is 125 Å². The van der Waals surface area contributed by atoms with E-state index in [-0.39, 0.29) is 20.3 Å². The maximum atomic E-state index is 2.51. The van der Waals surface area contributed by atoms with Gasteiger partial charge < -0.3 is 0 Å². The molecule has 3 aliphatic carbocycles. The third-order valence-corrected chi connectivity index (χ3v) is 9.20. The molecule has 0 saturated carbocycles. The summed E-state index contributed by atoms with van der Waals surface area (Å²) in [6.07, 6.45) is 10.0. The molecule has 0 aliphatic heterocycles. The molecule has 0 saturated heterocycles. The van der Waals surface area contributed by atoms with E-state index in [4.69, 9.17) is 0 Å². The third-order valence-electron chi connectivity index (χ3n) is 9.20. The first-order valence-electron chi connectivity index (χ1n) is 15.3. The molecule has 218 valence electrons. The lowest BCUT2D eigenvalue weighted by Gasteiger charge is -2.28. The molecule has 8 rings (SSSR count). The van der Waals surface area contributed by atoms with Gasteiger partial charge in [-0.25, -0.2) is 0 Å². The molecule has 0 radical (unpaired) electrons. The van der Waals surface area contributed by atoms with Gasteiger partial charge >= 0.3 is 0 Å². The molecule has 1 atom stereocenters. The smallest absolute Gasteiger partial charge is 0.00703 e. The highest BCUT2D eigenvalue weighted by molar-refractivity contribution is 6.24. The van der Waals surface area contributed by atoms with Gasteiger partial charge in [0.2, 0.25) is 0 Å². The van der Waals surface area contributed by atoms with Crippen LogP contribution in [0.2, 0.25) is 0 Å². The number of hydrogen-bond acceptors (Lipinski definition) is 0. The molecule has 5 aromatic carbocycles. The Morgan fingerprint density at radius 3 is 2.05 bits per heavy atom. The van der Waals surface area contributed by atoms with Gasteiger partial charge in [0, 0.05) is 5.92 Å². The number of fused-ring (bicyclic) bond motifs is 6. The van der Waals surface area contributed by atoms with Crippen molar-refractivity contribution in [1.29, 1.82) is 0 Å². The fourth-order valence-electron chi connectivity index (χ4n) is 7.65. The minimum absolute atomic E-state index is 0. The summed E-state index contributed by atoms with van der Waals surface area (Å²) in [7, 11) is 0. The third kappa shape index (κ3) is 4.34. The lowest BCUT2D eigenvalue weighted by molar-refractivity contribution is 0.598. The van der Waals surface area contributed by atoms with Crippen molar-refractivity contribution in [2.45, 2.75) is 74.1 Å². The van der Waals surface area contributed by atoms with Crippen molar-refractivity contribution in [2.24, 2.45) is 0 Å². The minimum atomic E-state index is 0. The van der Waals surface area contributed by atoms with E-state index in [9.17, 15) is 0 Å². The van der Waals surface area contributed by atoms with Crippen LogP contribution in [0.4, 0.5) is 0 Å². The Bertz CT molecular complexity index is 1960. The SMILES string of the molecule is C.C.CC.CC1C2=C(CC=CC=C2)c2ccc(-c3c4c(c(C(C)(C)C)c5ccccc35)-c3cccc5cccc-4c35)cc21. The molecule has 0 N–H and O–H groups in total. The zero-order valence-electron chi connectivity index (χ0n) is 25.1. The summed E-state index contributed by atoms with van der Waals surface area (Å²) in [6, 6.07) is 30.1. The average Bonchev–Trinajstić information content (AvgIpc) is 3.30. The van der Waals surface area contributed by atoms with Crippen molar-refractivity contribution in [3.63, 3.8) is 0 Å². The standard InChI is InChI=1S/C39H32.C2H6.2CH4/c1-23-26-14-6-5-7-15-27(26)28-21-20-25(22-33(23)28)35-29-16-8-9-17-30(29)38(39(2,3)4)37-32-19-11-13-24-12-10-18-31(34(24)32)36(35)37;1-2;;/h5-14,16-23H,15H2,1-4H3;1-2H3;2*1H4. The van der Waals surface area contributed by atoms with Crippen LogP contribution in [0, 0.1) is 0 Å². The van der Waals surface area contributed by atoms with E-state index in [2.05, 4.69) is 131 Å². The van der Waals surface area contributed by atoms with Crippen LogP contribution in [0.15, 0.2) is 109 Å². The molecule has 0 nitrogen and oxygen atoms in total. The lowest BCUT2D eigenvalue weighted by atomic mass is 9.75. The number of hydrogen-bond donors (Lipinski definition) is 0. The molecule has 3 aliphatic rings. The molecule has 0 bridgehead atoms. The van der Waals surface area contributed by atoms with Gasteiger partial charge in [0.15, 0.2) is 0 Å². The second-order valence-corrected chi connectivity index (χ2v) is 12.5. The van der Waals surface area contributed by atoms with E-state index < -0.39 is 0 Å². The van der Waals surface area contributed by atoms with Crippen molar-refractivity contribution < 1.29 is 0 Å². The van der Waals surface area contributed by atoms with Crippen LogP contribution in [0.25, 0.3) is 60.5 Å². The Kier molecular flexibility index (Phi) is 7.86. The van der Waals surface area contributed by atoms with Crippen LogP contribution < -0.4 is 0 Å². The van der Waals surface area contributed by atoms with Gasteiger partial charge in [-0.1, -0.05) is 153 Å². The molecular weight excluding hydrogens is 516 g/mol. The van der Waals surface area contributed by atoms with Crippen molar-refractivity contribution in [1.82, 2.24) is 0 Å². The highest BCUT2D eigenvalue weighted by Gasteiger charge is 2.34. The molecule has 1 unspecified atom stereocenters. The van der Waals surface area contributed by atoms with Gasteiger partial charge in [-0.05, 0) is 101 Å². The van der Waals surface area contributed by atoms with E-state index in [1.807, 2.05) is 13.8 Å². The van der Waals surface area contributed by atoms with Crippen LogP contribution in [-0.2, 0) is 5.41 Å². The summed E-state index contributed by atoms with van der Waals surface area (Å²) in [5.41, 5.74) is 15.6. The van der Waals surface area contributed by atoms with E-state index in [1.165, 1.54) is 82.8 Å². The summed E-state index contributed by atoms with van der Waals surface area (Å²) in [4.78, 5) is 0. The van der Waals surface area contributed by atoms with Gasteiger partial charge in [0.1, 0.15) is 0 Å². The highest BCUT2D eigenvalue weighted by atomic mass is 14.4. The molecule has 0 heterocycles. The second kappa shape index (κ2) is 11.2. The number of benzene rings is 5. The highest BCUT2D eigenvalue weighted by Crippen LogP contribution is 2.58. The Balaban J connectivity index is 0.000000903. The average molecular weight is 563 g/mol. The fraction of sp³-hybridized carbons (Fsp3) is 0.256. The maximum Gasteiger partial charge on any atom is 0.00703 e. The van der Waals surface area contributed by atoms with Gasteiger partial charge in [0.05, 0.1) is 0 Å². The van der Waals surface area contributed by atoms with E-state index in [0.717, 1.165) is 6.42 Å². The molecule has 0 aromatic heterocycles. The second-order valence-electron chi connectivity index (χ2n) is 12.5. The first kappa shape index (κ1) is 30.3. The number of rotatable bonds is 1. The molecule has 0 heteroatoms. The molecule has 0 fully saturated rings. The molecule has 43 heavy (non-hydrogen) atoms. The predicted molar refractivity (Wildman–Crippen MR) is 193 cm³/mol. The Morgan fingerprint density at radius 1 is 0.674 bits per heavy atom. The predicted octanol–water partition coefficient (Wildman–Crippen LogP) is 13.3. The summed E-state index contributed by atoms with van der Waals surface area (Å²) >= 11 is 0. The van der Waals surface area contributed by atoms with Gasteiger partial charge in [-0.15, -0.1) is 0 Å². The molecule has 0 spiro atoms. The summed E-state index contributed by atoms with van der Waals surface area (Å²) in [5, 5.41) is 5.45. The maximum absolute atomic E-state index is 2.51. The van der Waals surface area contributed by atoms with Crippen LogP contribution in [0.3, 0.4) is 0 Å². The Morgan fingerprint density at radius 2 is 1.35 bits per heavy atom. The van der Waals surface area contributed by atoms with Crippen molar-refractivity contribution in [3.8, 4) is 33.4 Å². The summed E-state index contributed by atoms with van der Waals surface area (Å²) < 4.78 is 0. The van der Waals surface area contributed by atoms with Crippen LogP contribution in [0.5, 0.6) is 0 Å². The van der Waals surface area contributed by atoms with Crippen molar-refractivity contribution in [2.75, 3.05) is 0 Å². The lowest BCUT2D eigenvalue weighted by Crippen LogP contribution is -2.14. The number of allylic oxidation sites excluding steroid dienone is 6. The van der Waals surface area contributed by atoms with Crippen molar-refractivity contribution >= 4 is 27.1 Å². The van der Waals surface area contributed by atoms with Gasteiger partial charge in [-0.3, -0.25) is 0 Å². The minimum Gasteiger partial charge on any atom is -0.0801 e. The first-order valence-corrected chi connectivity index (χ1v) is 15.3. The molecule has 0 amide bonds. The van der Waals surface area contributed by atoms with Crippen LogP contribution in [-0.4, -0.2) is 0 Å². The topological polar surface area (TPSA) is 0 Å². The van der Waals surface area contributed by atoms with Crippen LogP contribution >= 0.6 is 0 Å². The van der Waals surface area contributed by atoms with E-state index >= 15 is 0 Å².